The molecule has 3 heteroatoms. The minimum Gasteiger partial charge on any atom is -0.380 e. The third-order valence-electron chi connectivity index (χ3n) is 2.21. The summed E-state index contributed by atoms with van der Waals surface area (Å²) in [6, 6.07) is 4.80. The van der Waals surface area contributed by atoms with Gasteiger partial charge in [-0.15, -0.1) is 0 Å². The zero-order valence-electron chi connectivity index (χ0n) is 7.79. The van der Waals surface area contributed by atoms with Gasteiger partial charge in [-0.25, -0.2) is 0 Å². The molecule has 1 fully saturated rings. The van der Waals surface area contributed by atoms with Gasteiger partial charge in [-0.1, -0.05) is 0 Å². The van der Waals surface area contributed by atoms with E-state index in [2.05, 4.69) is 16.4 Å². The highest BCUT2D eigenvalue weighted by Crippen LogP contribution is 2.20. The first-order chi connectivity index (χ1) is 6.34. The van der Waals surface area contributed by atoms with Crippen LogP contribution in [0, 0.1) is 6.92 Å². The fraction of sp³-hybridized carbons (Fsp3) is 0.500. The summed E-state index contributed by atoms with van der Waals surface area (Å²) in [4.78, 5) is 4.25. The van der Waals surface area contributed by atoms with E-state index >= 15 is 0 Å². The molecule has 0 saturated carbocycles. The molecule has 1 aliphatic rings. The summed E-state index contributed by atoms with van der Waals surface area (Å²) in [5.74, 6) is 2.52. The van der Waals surface area contributed by atoms with E-state index in [4.69, 9.17) is 0 Å². The lowest BCUT2D eigenvalue weighted by Gasteiger charge is -2.11. The van der Waals surface area contributed by atoms with E-state index in [1.54, 1.807) is 0 Å². The molecule has 0 amide bonds. The average Bonchev–Trinajstić information content (AvgIpc) is 2.62. The molecule has 0 spiro atoms. The fourth-order valence-corrected chi connectivity index (χ4v) is 2.59. The average molecular weight is 194 g/mol. The Balaban J connectivity index is 1.97. The van der Waals surface area contributed by atoms with Crippen LogP contribution in [-0.2, 0) is 0 Å². The number of thioether (sulfide) groups is 1. The zero-order chi connectivity index (χ0) is 9.10. The van der Waals surface area contributed by atoms with Crippen LogP contribution in [-0.4, -0.2) is 22.5 Å². The number of nitrogens with one attached hydrogen (secondary N) is 1. The lowest BCUT2D eigenvalue weighted by atomic mass is 10.2. The van der Waals surface area contributed by atoms with Crippen LogP contribution in [0.2, 0.25) is 0 Å². The van der Waals surface area contributed by atoms with Gasteiger partial charge in [0, 0.05) is 17.5 Å². The molecular formula is C10H14N2S. The maximum Gasteiger partial charge on any atom is 0.0529 e. The van der Waals surface area contributed by atoms with E-state index in [1.807, 2.05) is 30.9 Å². The van der Waals surface area contributed by atoms with E-state index in [-0.39, 0.29) is 0 Å². The summed E-state index contributed by atoms with van der Waals surface area (Å²) in [6.45, 7) is 2.01. The summed E-state index contributed by atoms with van der Waals surface area (Å²) in [7, 11) is 0. The van der Waals surface area contributed by atoms with Crippen molar-refractivity contribution in [1.82, 2.24) is 4.98 Å². The smallest absolute Gasteiger partial charge is 0.0529 e. The maximum absolute atomic E-state index is 4.25. The standard InChI is InChI=1S/C10H14N2S/c1-8-2-3-9(6-11-8)12-10-4-5-13-7-10/h2-3,6,10,12H,4-5,7H2,1H3. The Kier molecular flexibility index (Phi) is 2.74. The Morgan fingerprint density at radius 3 is 3.08 bits per heavy atom. The first-order valence-electron chi connectivity index (χ1n) is 4.61. The van der Waals surface area contributed by atoms with Gasteiger partial charge in [0.15, 0.2) is 0 Å². The Morgan fingerprint density at radius 2 is 2.46 bits per heavy atom. The molecule has 1 aliphatic heterocycles. The number of hydrogen-bond donors (Lipinski definition) is 1. The van der Waals surface area contributed by atoms with Crippen LogP contribution in [0.25, 0.3) is 0 Å². The highest BCUT2D eigenvalue weighted by molar-refractivity contribution is 7.99. The molecule has 1 unspecified atom stereocenters. The van der Waals surface area contributed by atoms with Crippen molar-refractivity contribution in [2.75, 3.05) is 16.8 Å². The monoisotopic (exact) mass is 194 g/mol. The van der Waals surface area contributed by atoms with Crippen molar-refractivity contribution < 1.29 is 0 Å². The summed E-state index contributed by atoms with van der Waals surface area (Å²) in [5, 5.41) is 3.48. The summed E-state index contributed by atoms with van der Waals surface area (Å²) in [6.07, 6.45) is 3.19. The molecule has 1 saturated heterocycles. The fourth-order valence-electron chi connectivity index (χ4n) is 1.44. The normalized spacial score (nSPS) is 21.8. The van der Waals surface area contributed by atoms with E-state index in [0.29, 0.717) is 6.04 Å². The van der Waals surface area contributed by atoms with E-state index in [1.165, 1.54) is 17.9 Å². The molecule has 0 radical (unpaired) electrons. The van der Waals surface area contributed by atoms with Crippen LogP contribution >= 0.6 is 11.8 Å². The largest absolute Gasteiger partial charge is 0.380 e. The third-order valence-corrected chi connectivity index (χ3v) is 3.37. The van der Waals surface area contributed by atoms with E-state index in [9.17, 15) is 0 Å². The molecule has 0 aromatic carbocycles. The Labute approximate surface area is 83.1 Å². The molecule has 2 rings (SSSR count). The maximum atomic E-state index is 4.25. The van der Waals surface area contributed by atoms with Gasteiger partial charge in [0.05, 0.1) is 11.9 Å². The predicted molar refractivity (Wildman–Crippen MR) is 58.3 cm³/mol. The van der Waals surface area contributed by atoms with Crippen molar-refractivity contribution in [3.05, 3.63) is 24.0 Å². The lowest BCUT2D eigenvalue weighted by Crippen LogP contribution is -2.17. The van der Waals surface area contributed by atoms with Gasteiger partial charge in [-0.05, 0) is 31.2 Å². The second kappa shape index (κ2) is 4.01. The van der Waals surface area contributed by atoms with Crippen LogP contribution in [0.15, 0.2) is 18.3 Å². The summed E-state index contributed by atoms with van der Waals surface area (Å²) >= 11 is 2.02. The number of hydrogen-bond acceptors (Lipinski definition) is 3. The van der Waals surface area contributed by atoms with Crippen molar-refractivity contribution in [2.24, 2.45) is 0 Å². The van der Waals surface area contributed by atoms with Gasteiger partial charge in [-0.3, -0.25) is 4.98 Å². The molecule has 1 aromatic heterocycles. The summed E-state index contributed by atoms with van der Waals surface area (Å²) in [5.41, 5.74) is 2.23. The van der Waals surface area contributed by atoms with Crippen LogP contribution in [0.5, 0.6) is 0 Å². The van der Waals surface area contributed by atoms with Crippen molar-refractivity contribution in [3.8, 4) is 0 Å². The van der Waals surface area contributed by atoms with Gasteiger partial charge >= 0.3 is 0 Å². The van der Waals surface area contributed by atoms with Gasteiger partial charge < -0.3 is 5.32 Å². The van der Waals surface area contributed by atoms with Gasteiger partial charge in [0.1, 0.15) is 0 Å². The number of nitrogens with zero attached hydrogens (tertiary/aromatic N) is 1. The third kappa shape index (κ3) is 2.37. The second-order valence-electron chi connectivity index (χ2n) is 3.39. The first-order valence-corrected chi connectivity index (χ1v) is 5.77. The topological polar surface area (TPSA) is 24.9 Å². The molecular weight excluding hydrogens is 180 g/mol. The molecule has 1 aromatic rings. The van der Waals surface area contributed by atoms with Crippen LogP contribution in [0.1, 0.15) is 12.1 Å². The van der Waals surface area contributed by atoms with Crippen LogP contribution < -0.4 is 5.32 Å². The Morgan fingerprint density at radius 1 is 1.54 bits per heavy atom. The Bertz CT molecular complexity index is 265. The predicted octanol–water partition coefficient (Wildman–Crippen LogP) is 2.31. The minimum absolute atomic E-state index is 0.648. The van der Waals surface area contributed by atoms with Crippen LogP contribution in [0.4, 0.5) is 5.69 Å². The van der Waals surface area contributed by atoms with Crippen molar-refractivity contribution in [2.45, 2.75) is 19.4 Å². The SMILES string of the molecule is Cc1ccc(NC2CCSC2)cn1. The van der Waals surface area contributed by atoms with E-state index < -0.39 is 0 Å². The van der Waals surface area contributed by atoms with Crippen molar-refractivity contribution in [1.29, 1.82) is 0 Å². The van der Waals surface area contributed by atoms with Crippen molar-refractivity contribution >= 4 is 17.4 Å². The minimum atomic E-state index is 0.648. The molecule has 0 aliphatic carbocycles. The molecule has 70 valence electrons. The second-order valence-corrected chi connectivity index (χ2v) is 4.54. The van der Waals surface area contributed by atoms with Crippen molar-refractivity contribution in [3.63, 3.8) is 0 Å². The number of aromatic nitrogens is 1. The molecule has 13 heavy (non-hydrogen) atoms. The molecule has 1 N–H and O–H groups in total. The number of pyridine rings is 1. The Hall–Kier alpha value is -0.700. The summed E-state index contributed by atoms with van der Waals surface area (Å²) < 4.78 is 0. The van der Waals surface area contributed by atoms with Gasteiger partial charge in [-0.2, -0.15) is 11.8 Å². The van der Waals surface area contributed by atoms with Crippen LogP contribution in [0.3, 0.4) is 0 Å². The molecule has 0 bridgehead atoms. The number of aryl methyl sites for hydroxylation is 1. The molecule has 2 nitrogen and oxygen atoms in total. The number of rotatable bonds is 2. The quantitative estimate of drug-likeness (QED) is 0.782. The van der Waals surface area contributed by atoms with Gasteiger partial charge in [0.25, 0.3) is 0 Å². The molecule has 1 atom stereocenters. The molecule has 2 heterocycles. The highest BCUT2D eigenvalue weighted by Gasteiger charge is 2.14. The lowest BCUT2D eigenvalue weighted by molar-refractivity contribution is 0.812. The first kappa shape index (κ1) is 8.88. The van der Waals surface area contributed by atoms with Gasteiger partial charge in [0.2, 0.25) is 0 Å². The zero-order valence-corrected chi connectivity index (χ0v) is 8.60. The highest BCUT2D eigenvalue weighted by atomic mass is 32.2. The van der Waals surface area contributed by atoms with E-state index in [0.717, 1.165) is 11.4 Å². The number of anilines is 1.